The minimum absolute atomic E-state index is 0.0562. The van der Waals surface area contributed by atoms with Crippen LogP contribution in [0.25, 0.3) is 10.9 Å². The number of fused-ring (bicyclic) bond motifs is 1. The number of nitrogens with one attached hydrogen (secondary N) is 3. The van der Waals surface area contributed by atoms with Crippen LogP contribution in [0, 0.1) is 0 Å². The summed E-state index contributed by atoms with van der Waals surface area (Å²) in [6.45, 7) is 0. The van der Waals surface area contributed by atoms with E-state index in [0.717, 1.165) is 16.8 Å². The second-order valence-corrected chi connectivity index (χ2v) is 9.38. The Kier molecular flexibility index (Phi) is 7.49. The second-order valence-electron chi connectivity index (χ2n) is 7.62. The van der Waals surface area contributed by atoms with Crippen molar-refractivity contribution in [1.29, 1.82) is 0 Å². The van der Waals surface area contributed by atoms with Gasteiger partial charge in [0.25, 0.3) is 5.91 Å². The van der Waals surface area contributed by atoms with Crippen LogP contribution in [0.4, 0.5) is 24.5 Å². The summed E-state index contributed by atoms with van der Waals surface area (Å²) in [6.07, 6.45) is -4.63. The lowest BCUT2D eigenvalue weighted by atomic mass is 10.2. The van der Waals surface area contributed by atoms with Crippen molar-refractivity contribution in [3.8, 4) is 0 Å². The largest absolute Gasteiger partial charge is 0.416 e. The number of nitrogens with zero attached hydrogens (tertiary/aromatic N) is 1. The third-order valence-electron chi connectivity index (χ3n) is 5.04. The van der Waals surface area contributed by atoms with Crippen molar-refractivity contribution in [2.24, 2.45) is 0 Å². The number of benzene rings is 3. The minimum Gasteiger partial charge on any atom is -0.319 e. The summed E-state index contributed by atoms with van der Waals surface area (Å²) in [5.41, 5.74) is 1.67. The number of alkyl halides is 3. The molecule has 13 heteroatoms. The average Bonchev–Trinajstić information content (AvgIpc) is 3.17. The van der Waals surface area contributed by atoms with Crippen LogP contribution < -0.4 is 16.1 Å². The highest BCUT2D eigenvalue weighted by molar-refractivity contribution is 9.10. The number of halogens is 6. The average molecular weight is 614 g/mol. The molecule has 37 heavy (non-hydrogen) atoms. The lowest BCUT2D eigenvalue weighted by Gasteiger charge is -2.14. The van der Waals surface area contributed by atoms with E-state index in [0.29, 0.717) is 26.5 Å². The highest BCUT2D eigenvalue weighted by Gasteiger charge is 2.30. The summed E-state index contributed by atoms with van der Waals surface area (Å²) >= 11 is 15.4. The van der Waals surface area contributed by atoms with Crippen molar-refractivity contribution in [3.63, 3.8) is 0 Å². The standard InChI is InChI=1S/C24H14BrCl2F3N4O3/c25-14-4-7-19-12(8-14)9-20(21(35)32-18-6-5-15(26)11-17(18)27)34(19)33-23(37)22(36)31-16-3-1-2-13(10-16)24(28,29)30/h1-11H,(H,31,36)(H,32,35)(H,33,37). The zero-order chi connectivity index (χ0) is 26.9. The molecule has 7 nitrogen and oxygen atoms in total. The minimum atomic E-state index is -4.63. The van der Waals surface area contributed by atoms with Crippen LogP contribution in [0.15, 0.2) is 71.2 Å². The summed E-state index contributed by atoms with van der Waals surface area (Å²) in [4.78, 5) is 38.3. The molecule has 0 saturated heterocycles. The molecule has 3 N–H and O–H groups in total. The normalized spacial score (nSPS) is 11.3. The number of anilines is 2. The molecule has 4 aromatic rings. The summed E-state index contributed by atoms with van der Waals surface area (Å²) in [5.74, 6) is -3.14. The number of hydrogen-bond donors (Lipinski definition) is 3. The fourth-order valence-electron chi connectivity index (χ4n) is 3.36. The number of aromatic nitrogens is 1. The predicted molar refractivity (Wildman–Crippen MR) is 138 cm³/mol. The topological polar surface area (TPSA) is 92.2 Å². The monoisotopic (exact) mass is 612 g/mol. The van der Waals surface area contributed by atoms with Gasteiger partial charge in [0, 0.05) is 20.6 Å². The fourth-order valence-corrected chi connectivity index (χ4v) is 4.20. The first-order chi connectivity index (χ1) is 17.4. The van der Waals surface area contributed by atoms with Gasteiger partial charge in [-0.05, 0) is 60.7 Å². The van der Waals surface area contributed by atoms with Crippen LogP contribution in [-0.4, -0.2) is 22.4 Å². The van der Waals surface area contributed by atoms with Crippen LogP contribution in [0.2, 0.25) is 10.0 Å². The molecule has 0 saturated carbocycles. The Bertz CT molecular complexity index is 1560. The Hall–Kier alpha value is -3.54. The molecule has 0 radical (unpaired) electrons. The van der Waals surface area contributed by atoms with Crippen LogP contribution in [-0.2, 0) is 15.8 Å². The summed E-state index contributed by atoms with van der Waals surface area (Å²) < 4.78 is 40.7. The lowest BCUT2D eigenvalue weighted by molar-refractivity contribution is -0.137. The molecule has 0 fully saturated rings. The van der Waals surface area contributed by atoms with Gasteiger partial charge in [-0.15, -0.1) is 0 Å². The zero-order valence-electron chi connectivity index (χ0n) is 18.3. The quantitative estimate of drug-likeness (QED) is 0.224. The molecular weight excluding hydrogens is 600 g/mol. The van der Waals surface area contributed by atoms with Gasteiger partial charge in [0.1, 0.15) is 5.69 Å². The van der Waals surface area contributed by atoms with Crippen molar-refractivity contribution in [2.75, 3.05) is 16.1 Å². The smallest absolute Gasteiger partial charge is 0.319 e. The molecule has 0 aliphatic carbocycles. The Morgan fingerprint density at radius 3 is 2.32 bits per heavy atom. The maximum atomic E-state index is 13.1. The van der Waals surface area contributed by atoms with E-state index in [1.807, 2.05) is 0 Å². The van der Waals surface area contributed by atoms with Crippen molar-refractivity contribution < 1.29 is 27.6 Å². The third kappa shape index (κ3) is 6.07. The molecule has 0 bridgehead atoms. The first-order valence-corrected chi connectivity index (χ1v) is 11.8. The molecule has 1 aromatic heterocycles. The summed E-state index contributed by atoms with van der Waals surface area (Å²) in [5, 5.41) is 5.82. The van der Waals surface area contributed by atoms with Crippen molar-refractivity contribution in [1.82, 2.24) is 4.68 Å². The Morgan fingerprint density at radius 1 is 0.865 bits per heavy atom. The van der Waals surface area contributed by atoms with Crippen LogP contribution >= 0.6 is 39.1 Å². The maximum absolute atomic E-state index is 13.1. The molecule has 0 atom stereocenters. The Labute approximate surface area is 225 Å². The van der Waals surface area contributed by atoms with Gasteiger partial charge in [-0.2, -0.15) is 13.2 Å². The van der Waals surface area contributed by atoms with E-state index < -0.39 is 29.5 Å². The highest BCUT2D eigenvalue weighted by Crippen LogP contribution is 2.31. The molecular formula is C24H14BrCl2F3N4O3. The Morgan fingerprint density at radius 2 is 1.62 bits per heavy atom. The van der Waals surface area contributed by atoms with E-state index >= 15 is 0 Å². The SMILES string of the molecule is O=C(Nc1cccc(C(F)(F)F)c1)C(=O)Nn1c(C(=O)Nc2ccc(Cl)cc2Cl)cc2cc(Br)ccc21. The van der Waals surface area contributed by atoms with Gasteiger partial charge in [0.05, 0.1) is 21.8 Å². The van der Waals surface area contributed by atoms with Gasteiger partial charge >= 0.3 is 18.0 Å². The first-order valence-electron chi connectivity index (χ1n) is 10.3. The highest BCUT2D eigenvalue weighted by atomic mass is 79.9. The molecule has 0 aliphatic rings. The van der Waals surface area contributed by atoms with E-state index in [9.17, 15) is 27.6 Å². The van der Waals surface area contributed by atoms with E-state index in [2.05, 4.69) is 32.0 Å². The molecule has 0 spiro atoms. The number of rotatable bonds is 4. The number of carbonyl (C=O) groups is 3. The van der Waals surface area contributed by atoms with Gasteiger partial charge in [-0.1, -0.05) is 45.2 Å². The molecule has 0 unspecified atom stereocenters. The van der Waals surface area contributed by atoms with Gasteiger partial charge in [-0.3, -0.25) is 19.8 Å². The van der Waals surface area contributed by atoms with Gasteiger partial charge in [-0.25, -0.2) is 4.68 Å². The van der Waals surface area contributed by atoms with Gasteiger partial charge in [0.2, 0.25) is 0 Å². The Balaban J connectivity index is 1.61. The molecule has 4 rings (SSSR count). The van der Waals surface area contributed by atoms with E-state index in [4.69, 9.17) is 23.2 Å². The third-order valence-corrected chi connectivity index (χ3v) is 6.08. The van der Waals surface area contributed by atoms with Crippen molar-refractivity contribution >= 4 is 79.1 Å². The van der Waals surface area contributed by atoms with E-state index in [1.54, 1.807) is 18.2 Å². The van der Waals surface area contributed by atoms with Crippen LogP contribution in [0.5, 0.6) is 0 Å². The molecule has 190 valence electrons. The molecule has 3 aromatic carbocycles. The van der Waals surface area contributed by atoms with Crippen LogP contribution in [0.3, 0.4) is 0 Å². The number of amides is 3. The summed E-state index contributed by atoms with van der Waals surface area (Å²) in [7, 11) is 0. The second kappa shape index (κ2) is 10.4. The van der Waals surface area contributed by atoms with E-state index in [-0.39, 0.29) is 22.1 Å². The molecule has 1 heterocycles. The van der Waals surface area contributed by atoms with Crippen molar-refractivity contribution in [2.45, 2.75) is 6.18 Å². The summed E-state index contributed by atoms with van der Waals surface area (Å²) in [6, 6.07) is 14.7. The fraction of sp³-hybridized carbons (Fsp3) is 0.0417. The maximum Gasteiger partial charge on any atom is 0.416 e. The number of hydrogen-bond acceptors (Lipinski definition) is 3. The zero-order valence-corrected chi connectivity index (χ0v) is 21.4. The van der Waals surface area contributed by atoms with Crippen LogP contribution in [0.1, 0.15) is 16.1 Å². The van der Waals surface area contributed by atoms with Gasteiger partial charge < -0.3 is 10.6 Å². The van der Waals surface area contributed by atoms with Crippen molar-refractivity contribution in [3.05, 3.63) is 92.5 Å². The lowest BCUT2D eigenvalue weighted by Crippen LogP contribution is -2.36. The molecule has 3 amide bonds. The number of carbonyl (C=O) groups excluding carboxylic acids is 3. The predicted octanol–water partition coefficient (Wildman–Crippen LogP) is 6.69. The van der Waals surface area contributed by atoms with E-state index in [1.165, 1.54) is 30.3 Å². The van der Waals surface area contributed by atoms with Gasteiger partial charge in [0.15, 0.2) is 0 Å². The first kappa shape index (κ1) is 26.5. The molecule has 0 aliphatic heterocycles.